The second kappa shape index (κ2) is 10.4. The van der Waals surface area contributed by atoms with Crippen molar-refractivity contribution in [2.24, 2.45) is 7.05 Å². The smallest absolute Gasteiger partial charge is 0.330 e. The van der Waals surface area contributed by atoms with E-state index in [0.717, 1.165) is 63.6 Å². The Morgan fingerprint density at radius 3 is 2.39 bits per heavy atom. The lowest BCUT2D eigenvalue weighted by molar-refractivity contribution is 0.125. The Balaban J connectivity index is 1.38. The Bertz CT molecular complexity index is 1190. The van der Waals surface area contributed by atoms with Crippen LogP contribution in [0, 0.1) is 0 Å². The van der Waals surface area contributed by atoms with Crippen molar-refractivity contribution in [2.45, 2.75) is 39.3 Å². The largest absolute Gasteiger partial charge is 0.497 e. The SMILES string of the molecule is CCCCn1c(=O)[nH]c(=O)c2c1nc(CN1CCN(CCc3ccc(OC)cc3)CC1)n2C. The highest BCUT2D eigenvalue weighted by Gasteiger charge is 2.21. The lowest BCUT2D eigenvalue weighted by atomic mass is 10.1. The molecule has 9 nitrogen and oxygen atoms in total. The van der Waals surface area contributed by atoms with Gasteiger partial charge in [0.25, 0.3) is 5.56 Å². The number of rotatable bonds is 9. The molecule has 0 unspecified atom stereocenters. The standard InChI is InChI=1S/C24H34N6O3/c1-4-5-11-30-22-21(23(31)26-24(30)32)27(2)20(25-22)17-29-15-13-28(14-16-29)12-10-18-6-8-19(33-3)9-7-18/h6-9H,4-5,10-17H2,1-3H3,(H,26,31,32). The van der Waals surface area contributed by atoms with Gasteiger partial charge in [-0.1, -0.05) is 25.5 Å². The third-order valence-corrected chi connectivity index (χ3v) is 6.55. The maximum Gasteiger partial charge on any atom is 0.330 e. The summed E-state index contributed by atoms with van der Waals surface area (Å²) in [4.78, 5) is 36.8. The molecule has 2 aromatic heterocycles. The molecule has 1 aliphatic heterocycles. The fourth-order valence-corrected chi connectivity index (χ4v) is 4.41. The molecule has 4 rings (SSSR count). The van der Waals surface area contributed by atoms with Crippen LogP contribution < -0.4 is 16.0 Å². The van der Waals surface area contributed by atoms with Crippen LogP contribution in [0.3, 0.4) is 0 Å². The van der Waals surface area contributed by atoms with Gasteiger partial charge in [-0.2, -0.15) is 0 Å². The van der Waals surface area contributed by atoms with Gasteiger partial charge in [-0.15, -0.1) is 0 Å². The number of methoxy groups -OCH3 is 1. The summed E-state index contributed by atoms with van der Waals surface area (Å²) in [6.45, 7) is 8.24. The maximum absolute atomic E-state index is 12.5. The third kappa shape index (κ3) is 5.20. The van der Waals surface area contributed by atoms with Crippen molar-refractivity contribution in [2.75, 3.05) is 39.8 Å². The lowest BCUT2D eigenvalue weighted by Gasteiger charge is -2.34. The van der Waals surface area contributed by atoms with Crippen LogP contribution in [0.25, 0.3) is 11.2 Å². The van der Waals surface area contributed by atoms with E-state index in [2.05, 4.69) is 33.8 Å². The van der Waals surface area contributed by atoms with Gasteiger partial charge >= 0.3 is 5.69 Å². The lowest BCUT2D eigenvalue weighted by Crippen LogP contribution is -2.46. The van der Waals surface area contributed by atoms with Gasteiger partial charge in [-0.25, -0.2) is 9.78 Å². The number of nitrogens with zero attached hydrogens (tertiary/aromatic N) is 5. The zero-order valence-corrected chi connectivity index (χ0v) is 19.8. The third-order valence-electron chi connectivity index (χ3n) is 6.55. The number of benzene rings is 1. The van der Waals surface area contributed by atoms with Crippen molar-refractivity contribution in [3.8, 4) is 5.75 Å². The summed E-state index contributed by atoms with van der Waals surface area (Å²) in [6, 6.07) is 8.28. The Kier molecular flexibility index (Phi) is 7.29. The monoisotopic (exact) mass is 454 g/mol. The molecule has 0 saturated carbocycles. The molecule has 0 bridgehead atoms. The zero-order valence-electron chi connectivity index (χ0n) is 19.8. The quantitative estimate of drug-likeness (QED) is 0.528. The minimum Gasteiger partial charge on any atom is -0.497 e. The minimum atomic E-state index is -0.379. The number of aromatic amines is 1. The average molecular weight is 455 g/mol. The Hall–Kier alpha value is -2.91. The van der Waals surface area contributed by atoms with Gasteiger partial charge in [0.05, 0.1) is 13.7 Å². The number of ether oxygens (including phenoxy) is 1. The fourth-order valence-electron chi connectivity index (χ4n) is 4.41. The average Bonchev–Trinajstić information content (AvgIpc) is 3.15. The van der Waals surface area contributed by atoms with Crippen LogP contribution in [-0.2, 0) is 26.6 Å². The molecule has 178 valence electrons. The molecule has 3 heterocycles. The topological polar surface area (TPSA) is 88.4 Å². The van der Waals surface area contributed by atoms with Gasteiger partial charge < -0.3 is 14.2 Å². The number of imidazole rings is 1. The number of aryl methyl sites for hydroxylation is 2. The Morgan fingerprint density at radius 2 is 1.73 bits per heavy atom. The summed E-state index contributed by atoms with van der Waals surface area (Å²) in [7, 11) is 3.55. The molecule has 0 spiro atoms. The van der Waals surface area contributed by atoms with E-state index in [1.807, 2.05) is 23.7 Å². The second-order valence-corrected chi connectivity index (χ2v) is 8.74. The maximum atomic E-state index is 12.5. The van der Waals surface area contributed by atoms with Crippen LogP contribution in [-0.4, -0.2) is 68.7 Å². The molecule has 1 aliphatic rings. The van der Waals surface area contributed by atoms with Gasteiger partial charge in [0, 0.05) is 46.3 Å². The Morgan fingerprint density at radius 1 is 1.03 bits per heavy atom. The molecule has 9 heteroatoms. The summed E-state index contributed by atoms with van der Waals surface area (Å²) >= 11 is 0. The van der Waals surface area contributed by atoms with E-state index in [-0.39, 0.29) is 11.2 Å². The van der Waals surface area contributed by atoms with Gasteiger partial charge in [0.15, 0.2) is 11.2 Å². The summed E-state index contributed by atoms with van der Waals surface area (Å²) in [6.07, 6.45) is 2.85. The molecule has 0 aliphatic carbocycles. The fraction of sp³-hybridized carbons (Fsp3) is 0.542. The summed E-state index contributed by atoms with van der Waals surface area (Å²) < 4.78 is 8.67. The molecular formula is C24H34N6O3. The van der Waals surface area contributed by atoms with E-state index < -0.39 is 0 Å². The van der Waals surface area contributed by atoms with Crippen LogP contribution in [0.5, 0.6) is 5.75 Å². The predicted molar refractivity (Wildman–Crippen MR) is 129 cm³/mol. The summed E-state index contributed by atoms with van der Waals surface area (Å²) in [5.74, 6) is 1.71. The van der Waals surface area contributed by atoms with Crippen molar-refractivity contribution < 1.29 is 4.74 Å². The van der Waals surface area contributed by atoms with Gasteiger partial charge in [-0.05, 0) is 30.5 Å². The second-order valence-electron chi connectivity index (χ2n) is 8.74. The number of H-pyrrole nitrogens is 1. The molecule has 33 heavy (non-hydrogen) atoms. The predicted octanol–water partition coefficient (Wildman–Crippen LogP) is 1.59. The molecule has 0 atom stereocenters. The van der Waals surface area contributed by atoms with E-state index in [0.29, 0.717) is 24.3 Å². The number of nitrogens with one attached hydrogen (secondary N) is 1. The van der Waals surface area contributed by atoms with Crippen LogP contribution in [0.15, 0.2) is 33.9 Å². The minimum absolute atomic E-state index is 0.368. The molecular weight excluding hydrogens is 420 g/mol. The van der Waals surface area contributed by atoms with E-state index >= 15 is 0 Å². The van der Waals surface area contributed by atoms with Crippen molar-refractivity contribution in [3.63, 3.8) is 0 Å². The van der Waals surface area contributed by atoms with E-state index in [9.17, 15) is 9.59 Å². The number of hydrogen-bond donors (Lipinski definition) is 1. The van der Waals surface area contributed by atoms with E-state index in [1.54, 1.807) is 11.7 Å². The number of hydrogen-bond acceptors (Lipinski definition) is 6. The van der Waals surface area contributed by atoms with Crippen molar-refractivity contribution in [1.29, 1.82) is 0 Å². The molecule has 1 aromatic carbocycles. The van der Waals surface area contributed by atoms with Gasteiger partial charge in [-0.3, -0.25) is 19.2 Å². The highest BCUT2D eigenvalue weighted by Crippen LogP contribution is 2.15. The first kappa shape index (κ1) is 23.3. The zero-order chi connectivity index (χ0) is 23.4. The number of unbranched alkanes of at least 4 members (excludes halogenated alkanes) is 1. The molecule has 1 N–H and O–H groups in total. The van der Waals surface area contributed by atoms with Gasteiger partial charge in [0.1, 0.15) is 11.6 Å². The first-order chi connectivity index (χ1) is 16.0. The van der Waals surface area contributed by atoms with Crippen molar-refractivity contribution in [1.82, 2.24) is 28.9 Å². The van der Waals surface area contributed by atoms with Crippen molar-refractivity contribution in [3.05, 3.63) is 56.5 Å². The number of fused-ring (bicyclic) bond motifs is 1. The number of piperazine rings is 1. The number of aromatic nitrogens is 4. The first-order valence-electron chi connectivity index (χ1n) is 11.8. The highest BCUT2D eigenvalue weighted by atomic mass is 16.5. The van der Waals surface area contributed by atoms with Gasteiger partial charge in [0.2, 0.25) is 0 Å². The molecule has 0 radical (unpaired) electrons. The molecule has 0 amide bonds. The molecule has 1 saturated heterocycles. The molecule has 1 fully saturated rings. The van der Waals surface area contributed by atoms with Crippen LogP contribution in [0.1, 0.15) is 31.2 Å². The Labute approximate surface area is 193 Å². The van der Waals surface area contributed by atoms with E-state index in [4.69, 9.17) is 9.72 Å². The normalized spacial score (nSPS) is 15.4. The van der Waals surface area contributed by atoms with Crippen LogP contribution >= 0.6 is 0 Å². The van der Waals surface area contributed by atoms with Crippen molar-refractivity contribution >= 4 is 11.2 Å². The molecule has 3 aromatic rings. The first-order valence-corrected chi connectivity index (χ1v) is 11.8. The van der Waals surface area contributed by atoms with Crippen LogP contribution in [0.2, 0.25) is 0 Å². The summed E-state index contributed by atoms with van der Waals surface area (Å²) in [5.41, 5.74) is 1.53. The van der Waals surface area contributed by atoms with E-state index in [1.165, 1.54) is 5.56 Å². The highest BCUT2D eigenvalue weighted by molar-refractivity contribution is 5.70. The summed E-state index contributed by atoms with van der Waals surface area (Å²) in [5, 5.41) is 0. The van der Waals surface area contributed by atoms with Crippen LogP contribution in [0.4, 0.5) is 0 Å².